The van der Waals surface area contributed by atoms with Gasteiger partial charge in [-0.2, -0.15) is 0 Å². The van der Waals surface area contributed by atoms with E-state index in [1.807, 2.05) is 0 Å². The van der Waals surface area contributed by atoms with Crippen LogP contribution in [0.25, 0.3) is 0 Å². The number of carbonyl (C=O) groups is 1. The monoisotopic (exact) mass is 370 g/mol. The van der Waals surface area contributed by atoms with E-state index in [0.29, 0.717) is 11.3 Å². The summed E-state index contributed by atoms with van der Waals surface area (Å²) in [6.45, 7) is 5.37. The molecule has 27 heavy (non-hydrogen) atoms. The van der Waals surface area contributed by atoms with Gasteiger partial charge in [0.2, 0.25) is 0 Å². The molecule has 0 radical (unpaired) electrons. The topological polar surface area (TPSA) is 96.2 Å². The fraction of sp³-hybridized carbons (Fsp3) is 0.286. The van der Waals surface area contributed by atoms with Gasteiger partial charge in [-0.3, -0.25) is 4.79 Å². The molecule has 2 aromatic carbocycles. The maximum absolute atomic E-state index is 12.7. The Hall–Kier alpha value is -2.99. The van der Waals surface area contributed by atoms with Crippen LogP contribution in [-0.4, -0.2) is 34.3 Å². The SMILES string of the molecule is C=C(C)C(O)Cc1c(O)cc(O)c2c1OC(c1ccc(OC)cc1)CC2=O. The van der Waals surface area contributed by atoms with Gasteiger partial charge in [0.05, 0.1) is 19.6 Å². The lowest BCUT2D eigenvalue weighted by Gasteiger charge is -2.29. The van der Waals surface area contributed by atoms with Crippen molar-refractivity contribution in [1.82, 2.24) is 0 Å². The van der Waals surface area contributed by atoms with Crippen LogP contribution in [0.3, 0.4) is 0 Å². The van der Waals surface area contributed by atoms with Crippen LogP contribution in [0.15, 0.2) is 42.5 Å². The van der Waals surface area contributed by atoms with Crippen LogP contribution >= 0.6 is 0 Å². The number of hydrogen-bond acceptors (Lipinski definition) is 6. The summed E-state index contributed by atoms with van der Waals surface area (Å²) in [7, 11) is 1.57. The van der Waals surface area contributed by atoms with Crippen molar-refractivity contribution < 1.29 is 29.6 Å². The van der Waals surface area contributed by atoms with Crippen molar-refractivity contribution in [3.63, 3.8) is 0 Å². The number of hydrogen-bond donors (Lipinski definition) is 3. The minimum Gasteiger partial charge on any atom is -0.507 e. The molecule has 2 atom stereocenters. The number of aliphatic hydroxyl groups excluding tert-OH is 1. The van der Waals surface area contributed by atoms with Crippen LogP contribution in [0.4, 0.5) is 0 Å². The van der Waals surface area contributed by atoms with Crippen molar-refractivity contribution in [3.05, 3.63) is 59.2 Å². The Balaban J connectivity index is 2.03. The van der Waals surface area contributed by atoms with Gasteiger partial charge in [0.15, 0.2) is 5.78 Å². The van der Waals surface area contributed by atoms with Crippen molar-refractivity contribution in [2.24, 2.45) is 0 Å². The number of phenolic OH excluding ortho intramolecular Hbond substituents is 2. The standard InChI is InChI=1S/C21H22O6/c1-11(2)15(22)8-14-16(23)9-17(24)20-18(25)10-19(27-21(14)20)12-4-6-13(26-3)7-5-12/h4-7,9,15,19,22-24H,1,8,10H2,2-3H3. The molecule has 0 amide bonds. The van der Waals surface area contributed by atoms with E-state index in [1.54, 1.807) is 38.3 Å². The van der Waals surface area contributed by atoms with Gasteiger partial charge in [-0.1, -0.05) is 24.3 Å². The van der Waals surface area contributed by atoms with Crippen LogP contribution in [0, 0.1) is 0 Å². The van der Waals surface area contributed by atoms with Crippen molar-refractivity contribution in [2.75, 3.05) is 7.11 Å². The first-order valence-corrected chi connectivity index (χ1v) is 8.56. The fourth-order valence-corrected chi connectivity index (χ4v) is 3.10. The molecule has 0 bridgehead atoms. The summed E-state index contributed by atoms with van der Waals surface area (Å²) in [5.41, 5.74) is 1.58. The molecule has 0 saturated heterocycles. The fourth-order valence-electron chi connectivity index (χ4n) is 3.10. The van der Waals surface area contributed by atoms with Gasteiger partial charge < -0.3 is 24.8 Å². The van der Waals surface area contributed by atoms with Crippen LogP contribution in [-0.2, 0) is 6.42 Å². The Kier molecular flexibility index (Phi) is 5.10. The highest BCUT2D eigenvalue weighted by molar-refractivity contribution is 6.03. The number of phenols is 2. The van der Waals surface area contributed by atoms with Gasteiger partial charge in [-0.15, -0.1) is 0 Å². The summed E-state index contributed by atoms with van der Waals surface area (Å²) in [6.07, 6.45) is -1.41. The number of ketones is 1. The van der Waals surface area contributed by atoms with E-state index in [2.05, 4.69) is 6.58 Å². The number of carbonyl (C=O) groups excluding carboxylic acids is 1. The second-order valence-corrected chi connectivity index (χ2v) is 6.67. The maximum Gasteiger partial charge on any atom is 0.174 e. The molecule has 0 spiro atoms. The predicted molar refractivity (Wildman–Crippen MR) is 99.6 cm³/mol. The Morgan fingerprint density at radius 2 is 1.96 bits per heavy atom. The van der Waals surface area contributed by atoms with E-state index in [1.165, 1.54) is 0 Å². The van der Waals surface area contributed by atoms with Gasteiger partial charge >= 0.3 is 0 Å². The quantitative estimate of drug-likeness (QED) is 0.699. The molecule has 3 N–H and O–H groups in total. The third-order valence-corrected chi connectivity index (χ3v) is 4.70. The largest absolute Gasteiger partial charge is 0.507 e. The molecule has 2 aromatic rings. The minimum absolute atomic E-state index is 0.0202. The second-order valence-electron chi connectivity index (χ2n) is 6.67. The third kappa shape index (κ3) is 3.61. The Morgan fingerprint density at radius 1 is 1.30 bits per heavy atom. The summed E-state index contributed by atoms with van der Waals surface area (Å²) >= 11 is 0. The van der Waals surface area contributed by atoms with E-state index in [0.717, 1.165) is 11.6 Å². The first kappa shape index (κ1) is 18.8. The molecular weight excluding hydrogens is 348 g/mol. The number of aliphatic hydroxyl groups is 1. The minimum atomic E-state index is -0.912. The third-order valence-electron chi connectivity index (χ3n) is 4.70. The molecule has 142 valence electrons. The zero-order valence-electron chi connectivity index (χ0n) is 15.2. The molecule has 1 aliphatic heterocycles. The number of ether oxygens (including phenoxy) is 2. The van der Waals surface area contributed by atoms with Gasteiger partial charge in [0, 0.05) is 18.1 Å². The first-order valence-electron chi connectivity index (χ1n) is 8.56. The van der Waals surface area contributed by atoms with Crippen molar-refractivity contribution in [2.45, 2.75) is 32.0 Å². The summed E-state index contributed by atoms with van der Waals surface area (Å²) in [5, 5.41) is 30.6. The average molecular weight is 370 g/mol. The zero-order valence-corrected chi connectivity index (χ0v) is 15.2. The smallest absolute Gasteiger partial charge is 0.174 e. The molecule has 0 saturated carbocycles. The van der Waals surface area contributed by atoms with Crippen molar-refractivity contribution in [1.29, 1.82) is 0 Å². The molecule has 1 heterocycles. The highest BCUT2D eigenvalue weighted by Crippen LogP contribution is 2.45. The van der Waals surface area contributed by atoms with Crippen molar-refractivity contribution in [3.8, 4) is 23.0 Å². The maximum atomic E-state index is 12.7. The average Bonchev–Trinajstić information content (AvgIpc) is 2.64. The van der Waals surface area contributed by atoms with Gasteiger partial charge in [0.1, 0.15) is 34.7 Å². The van der Waals surface area contributed by atoms with Gasteiger partial charge in [0.25, 0.3) is 0 Å². The number of rotatable bonds is 5. The van der Waals surface area contributed by atoms with Crippen LogP contribution < -0.4 is 9.47 Å². The number of methoxy groups -OCH3 is 1. The van der Waals surface area contributed by atoms with E-state index in [-0.39, 0.29) is 47.0 Å². The highest BCUT2D eigenvalue weighted by atomic mass is 16.5. The summed E-state index contributed by atoms with van der Waals surface area (Å²) in [4.78, 5) is 12.7. The number of Topliss-reactive ketones (excluding diaryl/α,β-unsaturated/α-hetero) is 1. The van der Waals surface area contributed by atoms with Gasteiger partial charge in [-0.25, -0.2) is 0 Å². The molecule has 2 unspecified atom stereocenters. The molecular formula is C21H22O6. The first-order chi connectivity index (χ1) is 12.8. The lowest BCUT2D eigenvalue weighted by Crippen LogP contribution is -2.23. The normalized spacial score (nSPS) is 17.0. The van der Waals surface area contributed by atoms with E-state index >= 15 is 0 Å². The lowest BCUT2D eigenvalue weighted by atomic mass is 9.91. The number of aromatic hydroxyl groups is 2. The van der Waals surface area contributed by atoms with Crippen molar-refractivity contribution >= 4 is 5.78 Å². The number of fused-ring (bicyclic) bond motifs is 1. The van der Waals surface area contributed by atoms with E-state index in [9.17, 15) is 20.1 Å². The Bertz CT molecular complexity index is 885. The lowest BCUT2D eigenvalue weighted by molar-refractivity contribution is 0.0839. The Labute approximate surface area is 157 Å². The number of benzene rings is 2. The van der Waals surface area contributed by atoms with E-state index in [4.69, 9.17) is 9.47 Å². The zero-order chi connectivity index (χ0) is 19.7. The predicted octanol–water partition coefficient (Wildman–Crippen LogP) is 3.29. The van der Waals surface area contributed by atoms with Gasteiger partial charge in [-0.05, 0) is 24.6 Å². The second kappa shape index (κ2) is 7.32. The summed E-state index contributed by atoms with van der Waals surface area (Å²) in [5.74, 6) is -0.0867. The van der Waals surface area contributed by atoms with Crippen LogP contribution in [0.2, 0.25) is 0 Å². The molecule has 6 nitrogen and oxygen atoms in total. The molecule has 0 aliphatic carbocycles. The molecule has 1 aliphatic rings. The molecule has 3 rings (SSSR count). The highest BCUT2D eigenvalue weighted by Gasteiger charge is 2.34. The van der Waals surface area contributed by atoms with E-state index < -0.39 is 12.2 Å². The molecule has 6 heteroatoms. The summed E-state index contributed by atoms with van der Waals surface area (Å²) < 4.78 is 11.2. The molecule has 0 fully saturated rings. The van der Waals surface area contributed by atoms with Crippen LogP contribution in [0.1, 0.15) is 40.9 Å². The molecule has 0 aromatic heterocycles. The summed E-state index contributed by atoms with van der Waals surface area (Å²) in [6, 6.07) is 8.24. The Morgan fingerprint density at radius 3 is 2.56 bits per heavy atom. The van der Waals surface area contributed by atoms with Crippen LogP contribution in [0.5, 0.6) is 23.0 Å².